The Morgan fingerprint density at radius 3 is 2.40 bits per heavy atom. The first kappa shape index (κ1) is 17.4. The van der Waals surface area contributed by atoms with Crippen molar-refractivity contribution in [2.24, 2.45) is 0 Å². The summed E-state index contributed by atoms with van der Waals surface area (Å²) in [6.07, 6.45) is 4.70. The fourth-order valence-electron chi connectivity index (χ4n) is 2.23. The quantitative estimate of drug-likeness (QED) is 0.364. The summed E-state index contributed by atoms with van der Waals surface area (Å²) in [5.74, 6) is 0. The van der Waals surface area contributed by atoms with Crippen molar-refractivity contribution < 1.29 is 4.74 Å². The molecule has 0 N–H and O–H groups in total. The van der Waals surface area contributed by atoms with Crippen LogP contribution in [0.3, 0.4) is 0 Å². The maximum Gasteiger partial charge on any atom is 0.0987 e. The maximum absolute atomic E-state index is 5.82. The highest BCUT2D eigenvalue weighted by atomic mass is 28.3. The highest BCUT2D eigenvalue weighted by Crippen LogP contribution is 2.07. The van der Waals surface area contributed by atoms with Crippen molar-refractivity contribution in [2.75, 3.05) is 26.1 Å². The van der Waals surface area contributed by atoms with E-state index in [0.717, 1.165) is 26.3 Å². The molecule has 0 atom stereocenters. The van der Waals surface area contributed by atoms with Crippen LogP contribution in [-0.4, -0.2) is 39.0 Å². The standard InChI is InChI=1S/C17H31NOSi/c1-5-6-14-19-15-18(16-20(2,3)4)13-12-17-10-8-7-9-11-17/h7-11H,5-6,12-16H2,1-4H3. The van der Waals surface area contributed by atoms with Gasteiger partial charge in [-0.05, 0) is 24.6 Å². The van der Waals surface area contributed by atoms with E-state index in [1.807, 2.05) is 0 Å². The third-order valence-electron chi connectivity index (χ3n) is 3.17. The van der Waals surface area contributed by atoms with Gasteiger partial charge < -0.3 is 4.74 Å². The molecule has 0 unspecified atom stereocenters. The lowest BCUT2D eigenvalue weighted by molar-refractivity contribution is 0.0365. The third kappa shape index (κ3) is 8.51. The summed E-state index contributed by atoms with van der Waals surface area (Å²) in [4.78, 5) is 2.49. The molecule has 3 heteroatoms. The van der Waals surface area contributed by atoms with Gasteiger partial charge in [0.15, 0.2) is 0 Å². The summed E-state index contributed by atoms with van der Waals surface area (Å²) in [5.41, 5.74) is 1.42. The first-order valence-electron chi connectivity index (χ1n) is 7.85. The van der Waals surface area contributed by atoms with Crippen LogP contribution in [0.1, 0.15) is 25.3 Å². The molecule has 20 heavy (non-hydrogen) atoms. The minimum atomic E-state index is -1.08. The van der Waals surface area contributed by atoms with Crippen LogP contribution in [0, 0.1) is 0 Å². The van der Waals surface area contributed by atoms with Crippen molar-refractivity contribution in [2.45, 2.75) is 45.8 Å². The zero-order valence-corrected chi connectivity index (χ0v) is 14.7. The second kappa shape index (κ2) is 9.32. The van der Waals surface area contributed by atoms with Gasteiger partial charge in [-0.25, -0.2) is 0 Å². The van der Waals surface area contributed by atoms with Gasteiger partial charge in [-0.3, -0.25) is 4.90 Å². The molecule has 0 aromatic heterocycles. The van der Waals surface area contributed by atoms with Gasteiger partial charge >= 0.3 is 0 Å². The van der Waals surface area contributed by atoms with E-state index in [2.05, 4.69) is 61.8 Å². The molecule has 114 valence electrons. The molecule has 0 aliphatic carbocycles. The molecule has 0 saturated carbocycles. The SMILES string of the molecule is CCCCOCN(CCc1ccccc1)C[Si](C)(C)C. The summed E-state index contributed by atoms with van der Waals surface area (Å²) in [6.45, 7) is 12.3. The molecule has 0 bridgehead atoms. The van der Waals surface area contributed by atoms with Crippen LogP contribution in [0.15, 0.2) is 30.3 Å². The Kier molecular flexibility index (Phi) is 8.11. The van der Waals surface area contributed by atoms with Gasteiger partial charge in [0.25, 0.3) is 0 Å². The summed E-state index contributed by atoms with van der Waals surface area (Å²) in [6, 6.07) is 10.7. The molecular weight excluding hydrogens is 262 g/mol. The van der Waals surface area contributed by atoms with Crippen molar-refractivity contribution in [3.8, 4) is 0 Å². The molecule has 0 radical (unpaired) electrons. The molecule has 0 spiro atoms. The molecule has 0 amide bonds. The van der Waals surface area contributed by atoms with Gasteiger partial charge in [0, 0.05) is 13.2 Å². The second-order valence-electron chi connectivity index (χ2n) is 6.74. The van der Waals surface area contributed by atoms with Crippen LogP contribution in [0.2, 0.25) is 19.6 Å². The van der Waals surface area contributed by atoms with Gasteiger partial charge in [-0.15, -0.1) is 0 Å². The fourth-order valence-corrected chi connectivity index (χ4v) is 3.82. The largest absolute Gasteiger partial charge is 0.366 e. The zero-order valence-electron chi connectivity index (χ0n) is 13.7. The predicted octanol–water partition coefficient (Wildman–Crippen LogP) is 4.18. The summed E-state index contributed by atoms with van der Waals surface area (Å²) in [7, 11) is -1.08. The minimum Gasteiger partial charge on any atom is -0.366 e. The maximum atomic E-state index is 5.82. The highest BCUT2D eigenvalue weighted by molar-refractivity contribution is 6.76. The van der Waals surface area contributed by atoms with Gasteiger partial charge in [0.2, 0.25) is 0 Å². The van der Waals surface area contributed by atoms with Crippen molar-refractivity contribution in [1.29, 1.82) is 0 Å². The van der Waals surface area contributed by atoms with Crippen LogP contribution in [-0.2, 0) is 11.2 Å². The highest BCUT2D eigenvalue weighted by Gasteiger charge is 2.18. The molecule has 1 rings (SSSR count). The van der Waals surface area contributed by atoms with E-state index in [9.17, 15) is 0 Å². The van der Waals surface area contributed by atoms with Crippen molar-refractivity contribution >= 4 is 8.07 Å². The molecule has 0 heterocycles. The molecular formula is C17H31NOSi. The average Bonchev–Trinajstić information content (AvgIpc) is 2.40. The predicted molar refractivity (Wildman–Crippen MR) is 90.8 cm³/mol. The summed E-state index contributed by atoms with van der Waals surface area (Å²) >= 11 is 0. The molecule has 2 nitrogen and oxygen atoms in total. The molecule has 0 saturated heterocycles. The van der Waals surface area contributed by atoms with E-state index in [4.69, 9.17) is 4.74 Å². The summed E-state index contributed by atoms with van der Waals surface area (Å²) < 4.78 is 5.82. The molecule has 1 aromatic carbocycles. The lowest BCUT2D eigenvalue weighted by atomic mass is 10.1. The molecule has 0 fully saturated rings. The first-order chi connectivity index (χ1) is 9.51. The van der Waals surface area contributed by atoms with Gasteiger partial charge in [0.05, 0.1) is 14.8 Å². The van der Waals surface area contributed by atoms with Crippen LogP contribution in [0.4, 0.5) is 0 Å². The average molecular weight is 294 g/mol. The monoisotopic (exact) mass is 293 g/mol. The molecule has 1 aromatic rings. The number of ether oxygens (including phenoxy) is 1. The normalized spacial score (nSPS) is 12.1. The van der Waals surface area contributed by atoms with Crippen molar-refractivity contribution in [1.82, 2.24) is 4.90 Å². The topological polar surface area (TPSA) is 12.5 Å². The minimum absolute atomic E-state index is 0.789. The van der Waals surface area contributed by atoms with E-state index in [1.165, 1.54) is 24.6 Å². The van der Waals surface area contributed by atoms with E-state index < -0.39 is 8.07 Å². The fraction of sp³-hybridized carbons (Fsp3) is 0.647. The van der Waals surface area contributed by atoms with Gasteiger partial charge in [-0.2, -0.15) is 0 Å². The van der Waals surface area contributed by atoms with E-state index >= 15 is 0 Å². The zero-order chi connectivity index (χ0) is 14.8. The van der Waals surface area contributed by atoms with Gasteiger partial charge in [-0.1, -0.05) is 63.3 Å². The first-order valence-corrected chi connectivity index (χ1v) is 11.6. The Morgan fingerprint density at radius 1 is 1.10 bits per heavy atom. The Labute approximate surface area is 126 Å². The van der Waals surface area contributed by atoms with Crippen LogP contribution in [0.25, 0.3) is 0 Å². The third-order valence-corrected chi connectivity index (χ3v) is 4.57. The van der Waals surface area contributed by atoms with Crippen LogP contribution >= 0.6 is 0 Å². The van der Waals surface area contributed by atoms with E-state index in [0.29, 0.717) is 0 Å². The Balaban J connectivity index is 2.41. The van der Waals surface area contributed by atoms with E-state index in [1.54, 1.807) is 0 Å². The molecule has 0 aliphatic rings. The van der Waals surface area contributed by atoms with Gasteiger partial charge in [0.1, 0.15) is 0 Å². The summed E-state index contributed by atoms with van der Waals surface area (Å²) in [5, 5.41) is 0. The van der Waals surface area contributed by atoms with Crippen LogP contribution < -0.4 is 0 Å². The Hall–Kier alpha value is -0.643. The lowest BCUT2D eigenvalue weighted by Crippen LogP contribution is -2.42. The second-order valence-corrected chi connectivity index (χ2v) is 12.2. The Morgan fingerprint density at radius 2 is 1.80 bits per heavy atom. The van der Waals surface area contributed by atoms with Crippen molar-refractivity contribution in [3.63, 3.8) is 0 Å². The number of hydrogen-bond donors (Lipinski definition) is 0. The Bertz CT molecular complexity index is 348. The van der Waals surface area contributed by atoms with Crippen LogP contribution in [0.5, 0.6) is 0 Å². The number of nitrogens with zero attached hydrogens (tertiary/aromatic N) is 1. The lowest BCUT2D eigenvalue weighted by Gasteiger charge is -2.28. The number of unbranched alkanes of at least 4 members (excludes halogenated alkanes) is 1. The number of rotatable bonds is 10. The number of hydrogen-bond acceptors (Lipinski definition) is 2. The van der Waals surface area contributed by atoms with E-state index in [-0.39, 0.29) is 0 Å². The van der Waals surface area contributed by atoms with Crippen molar-refractivity contribution in [3.05, 3.63) is 35.9 Å². The smallest absolute Gasteiger partial charge is 0.0987 e. The number of benzene rings is 1. The molecule has 0 aliphatic heterocycles.